The van der Waals surface area contributed by atoms with Crippen LogP contribution in [0.3, 0.4) is 0 Å². The zero-order valence-electron chi connectivity index (χ0n) is 9.59. The predicted molar refractivity (Wildman–Crippen MR) is 59.0 cm³/mol. The van der Waals surface area contributed by atoms with Gasteiger partial charge in [0.25, 0.3) is 0 Å². The summed E-state index contributed by atoms with van der Waals surface area (Å²) in [5.74, 6) is 2.03. The summed E-state index contributed by atoms with van der Waals surface area (Å²) in [7, 11) is 0. The van der Waals surface area contributed by atoms with E-state index in [2.05, 4.69) is 19.9 Å². The van der Waals surface area contributed by atoms with Crippen LogP contribution in [-0.4, -0.2) is 10.7 Å². The fourth-order valence-electron chi connectivity index (χ4n) is 3.27. The molecule has 0 heterocycles. The Hall–Kier alpha value is -0.300. The molecule has 2 rings (SSSR count). The van der Waals surface area contributed by atoms with Crippen molar-refractivity contribution in [3.8, 4) is 0 Å². The highest BCUT2D eigenvalue weighted by Crippen LogP contribution is 2.47. The standard InChI is InChI=1S/C13H22O/c1-9-4-5-12-10(2)13(3,14)7-6-11(12)8-9/h4,10-12,14H,5-8H2,1-3H3/t10?,11?,12?,13-/m0/s1. The van der Waals surface area contributed by atoms with Crippen LogP contribution in [0, 0.1) is 17.8 Å². The second-order valence-corrected chi connectivity index (χ2v) is 5.60. The van der Waals surface area contributed by atoms with Crippen molar-refractivity contribution in [2.75, 3.05) is 0 Å². The molecule has 0 spiro atoms. The highest BCUT2D eigenvalue weighted by Gasteiger charge is 2.43. The van der Waals surface area contributed by atoms with Crippen molar-refractivity contribution in [3.05, 3.63) is 11.6 Å². The van der Waals surface area contributed by atoms with Crippen molar-refractivity contribution >= 4 is 0 Å². The molecule has 1 fully saturated rings. The van der Waals surface area contributed by atoms with E-state index in [1.165, 1.54) is 19.3 Å². The molecule has 0 amide bonds. The smallest absolute Gasteiger partial charge is 0.0648 e. The summed E-state index contributed by atoms with van der Waals surface area (Å²) in [6.07, 6.45) is 7.04. The molecule has 1 saturated carbocycles. The van der Waals surface area contributed by atoms with E-state index in [9.17, 15) is 5.11 Å². The van der Waals surface area contributed by atoms with Gasteiger partial charge in [0, 0.05) is 0 Å². The maximum atomic E-state index is 10.2. The molecule has 1 nitrogen and oxygen atoms in total. The lowest BCUT2D eigenvalue weighted by Crippen LogP contribution is -2.45. The molecule has 1 N–H and O–H groups in total. The zero-order chi connectivity index (χ0) is 10.3. The summed E-state index contributed by atoms with van der Waals surface area (Å²) in [6.45, 7) is 6.48. The normalized spacial score (nSPS) is 48.3. The first-order valence-corrected chi connectivity index (χ1v) is 5.89. The lowest BCUT2D eigenvalue weighted by atomic mass is 9.61. The summed E-state index contributed by atoms with van der Waals surface area (Å²) in [5.41, 5.74) is 1.14. The largest absolute Gasteiger partial charge is 0.390 e. The van der Waals surface area contributed by atoms with Crippen molar-refractivity contribution in [2.45, 2.75) is 52.1 Å². The van der Waals surface area contributed by atoms with E-state index in [0.29, 0.717) is 5.92 Å². The Labute approximate surface area is 87.2 Å². The fraction of sp³-hybridized carbons (Fsp3) is 0.846. The van der Waals surface area contributed by atoms with Crippen LogP contribution in [-0.2, 0) is 0 Å². The zero-order valence-corrected chi connectivity index (χ0v) is 9.59. The van der Waals surface area contributed by atoms with Gasteiger partial charge in [0.2, 0.25) is 0 Å². The van der Waals surface area contributed by atoms with Gasteiger partial charge in [0.05, 0.1) is 5.60 Å². The van der Waals surface area contributed by atoms with Gasteiger partial charge in [-0.05, 0) is 57.3 Å². The van der Waals surface area contributed by atoms with Crippen molar-refractivity contribution < 1.29 is 5.11 Å². The van der Waals surface area contributed by atoms with E-state index in [-0.39, 0.29) is 0 Å². The second-order valence-electron chi connectivity index (χ2n) is 5.60. The number of hydrogen-bond donors (Lipinski definition) is 1. The molecule has 0 radical (unpaired) electrons. The summed E-state index contributed by atoms with van der Waals surface area (Å²) in [5, 5.41) is 10.2. The molecule has 4 atom stereocenters. The van der Waals surface area contributed by atoms with E-state index < -0.39 is 5.60 Å². The van der Waals surface area contributed by atoms with Crippen LogP contribution in [0.5, 0.6) is 0 Å². The van der Waals surface area contributed by atoms with Crippen LogP contribution in [0.15, 0.2) is 11.6 Å². The molecule has 14 heavy (non-hydrogen) atoms. The Kier molecular flexibility index (Phi) is 2.46. The van der Waals surface area contributed by atoms with Gasteiger partial charge in [-0.15, -0.1) is 0 Å². The van der Waals surface area contributed by atoms with Crippen molar-refractivity contribution in [1.82, 2.24) is 0 Å². The van der Waals surface area contributed by atoms with Gasteiger partial charge in [-0.25, -0.2) is 0 Å². The van der Waals surface area contributed by atoms with Crippen molar-refractivity contribution in [2.24, 2.45) is 17.8 Å². The topological polar surface area (TPSA) is 20.2 Å². The van der Waals surface area contributed by atoms with E-state index >= 15 is 0 Å². The molecule has 3 unspecified atom stereocenters. The van der Waals surface area contributed by atoms with Crippen LogP contribution in [0.2, 0.25) is 0 Å². The highest BCUT2D eigenvalue weighted by molar-refractivity contribution is 5.09. The van der Waals surface area contributed by atoms with Gasteiger partial charge in [-0.3, -0.25) is 0 Å². The monoisotopic (exact) mass is 194 g/mol. The Balaban J connectivity index is 2.16. The average Bonchev–Trinajstić information content (AvgIpc) is 2.12. The Morgan fingerprint density at radius 3 is 2.93 bits per heavy atom. The molecule has 2 aliphatic carbocycles. The minimum absolute atomic E-state index is 0.416. The number of hydrogen-bond acceptors (Lipinski definition) is 1. The number of rotatable bonds is 0. The molecule has 80 valence electrons. The molecule has 0 saturated heterocycles. The number of allylic oxidation sites excluding steroid dienone is 2. The maximum absolute atomic E-state index is 10.2. The molecule has 0 aromatic carbocycles. The highest BCUT2D eigenvalue weighted by atomic mass is 16.3. The molecule has 1 heteroatoms. The third kappa shape index (κ3) is 1.63. The Morgan fingerprint density at radius 2 is 2.21 bits per heavy atom. The quantitative estimate of drug-likeness (QED) is 0.587. The van der Waals surface area contributed by atoms with E-state index in [4.69, 9.17) is 0 Å². The summed E-state index contributed by atoms with van der Waals surface area (Å²) >= 11 is 0. The number of fused-ring (bicyclic) bond motifs is 1. The van der Waals surface area contributed by atoms with Crippen molar-refractivity contribution in [3.63, 3.8) is 0 Å². The molecule has 2 aliphatic rings. The molecule has 0 aromatic rings. The minimum atomic E-state index is -0.416. The van der Waals surface area contributed by atoms with Crippen LogP contribution in [0.4, 0.5) is 0 Å². The first kappa shape index (κ1) is 10.2. The van der Waals surface area contributed by atoms with E-state index in [1.807, 2.05) is 6.92 Å². The molecular formula is C13H22O. The molecule has 0 aromatic heterocycles. The van der Waals surface area contributed by atoms with Crippen LogP contribution >= 0.6 is 0 Å². The minimum Gasteiger partial charge on any atom is -0.390 e. The third-order valence-electron chi connectivity index (χ3n) is 4.57. The summed E-state index contributed by atoms with van der Waals surface area (Å²) in [6, 6.07) is 0. The molecular weight excluding hydrogens is 172 g/mol. The third-order valence-corrected chi connectivity index (χ3v) is 4.57. The van der Waals surface area contributed by atoms with E-state index in [0.717, 1.165) is 18.3 Å². The SMILES string of the molecule is CC1=CCC2C(CC[C@](C)(O)C2C)C1. The number of aliphatic hydroxyl groups is 1. The van der Waals surface area contributed by atoms with Gasteiger partial charge in [-0.2, -0.15) is 0 Å². The Bertz CT molecular complexity index is 252. The summed E-state index contributed by atoms with van der Waals surface area (Å²) < 4.78 is 0. The van der Waals surface area contributed by atoms with Gasteiger partial charge < -0.3 is 5.11 Å². The van der Waals surface area contributed by atoms with Crippen molar-refractivity contribution in [1.29, 1.82) is 0 Å². The predicted octanol–water partition coefficient (Wildman–Crippen LogP) is 3.14. The van der Waals surface area contributed by atoms with Gasteiger partial charge >= 0.3 is 0 Å². The Morgan fingerprint density at radius 1 is 1.50 bits per heavy atom. The first-order valence-electron chi connectivity index (χ1n) is 5.89. The van der Waals surface area contributed by atoms with Crippen LogP contribution in [0.1, 0.15) is 46.5 Å². The molecule has 0 aliphatic heterocycles. The van der Waals surface area contributed by atoms with E-state index in [1.54, 1.807) is 5.57 Å². The summed E-state index contributed by atoms with van der Waals surface area (Å²) in [4.78, 5) is 0. The lowest BCUT2D eigenvalue weighted by Gasteiger charge is -2.47. The van der Waals surface area contributed by atoms with Crippen LogP contribution in [0.25, 0.3) is 0 Å². The van der Waals surface area contributed by atoms with Crippen LogP contribution < -0.4 is 0 Å². The first-order chi connectivity index (χ1) is 6.50. The average molecular weight is 194 g/mol. The van der Waals surface area contributed by atoms with Gasteiger partial charge in [-0.1, -0.05) is 18.6 Å². The fourth-order valence-corrected chi connectivity index (χ4v) is 3.27. The lowest BCUT2D eigenvalue weighted by molar-refractivity contribution is -0.0728. The second kappa shape index (κ2) is 3.37. The van der Waals surface area contributed by atoms with Gasteiger partial charge in [0.1, 0.15) is 0 Å². The maximum Gasteiger partial charge on any atom is 0.0648 e. The molecule has 0 bridgehead atoms. The van der Waals surface area contributed by atoms with Gasteiger partial charge in [0.15, 0.2) is 0 Å².